The maximum absolute atomic E-state index is 13.1. The lowest BCUT2D eigenvalue weighted by atomic mass is 9.93. The van der Waals surface area contributed by atoms with Gasteiger partial charge in [0.25, 0.3) is 0 Å². The molecule has 0 saturated carbocycles. The standard InChI is InChI=1S/C16H15F2NO/c1-10(11-2-4-15(19)5-3-11)6-16(20)12-7-13(17)9-14(18)8-12/h2-5,7-10H,6,19H2,1H3. The Kier molecular flexibility index (Phi) is 4.13. The van der Waals surface area contributed by atoms with Gasteiger partial charge in [-0.15, -0.1) is 0 Å². The molecule has 0 bridgehead atoms. The van der Waals surface area contributed by atoms with Crippen molar-refractivity contribution in [2.75, 3.05) is 5.73 Å². The van der Waals surface area contributed by atoms with Gasteiger partial charge in [0.1, 0.15) is 11.6 Å². The molecule has 0 aliphatic heterocycles. The molecule has 0 spiro atoms. The van der Waals surface area contributed by atoms with Crippen LogP contribution in [0.2, 0.25) is 0 Å². The van der Waals surface area contributed by atoms with Gasteiger partial charge in [-0.25, -0.2) is 8.78 Å². The minimum absolute atomic E-state index is 0.0468. The second kappa shape index (κ2) is 5.82. The van der Waals surface area contributed by atoms with E-state index in [0.717, 1.165) is 23.8 Å². The number of rotatable bonds is 4. The third-order valence-corrected chi connectivity index (χ3v) is 3.18. The number of benzene rings is 2. The van der Waals surface area contributed by atoms with Crippen LogP contribution >= 0.6 is 0 Å². The Bertz CT molecular complexity index is 603. The van der Waals surface area contributed by atoms with Gasteiger partial charge in [-0.2, -0.15) is 0 Å². The summed E-state index contributed by atoms with van der Waals surface area (Å²) in [7, 11) is 0. The zero-order valence-electron chi connectivity index (χ0n) is 11.1. The molecular formula is C16H15F2NO. The molecule has 4 heteroatoms. The van der Waals surface area contributed by atoms with E-state index in [1.165, 1.54) is 0 Å². The van der Waals surface area contributed by atoms with E-state index >= 15 is 0 Å². The molecule has 0 radical (unpaired) electrons. The summed E-state index contributed by atoms with van der Waals surface area (Å²) in [6.07, 6.45) is 0.187. The average molecular weight is 275 g/mol. The number of nitrogen functional groups attached to an aromatic ring is 1. The zero-order valence-corrected chi connectivity index (χ0v) is 11.1. The number of anilines is 1. The molecule has 0 amide bonds. The SMILES string of the molecule is CC(CC(=O)c1cc(F)cc(F)c1)c1ccc(N)cc1. The van der Waals surface area contributed by atoms with Crippen LogP contribution in [-0.2, 0) is 0 Å². The number of hydrogen-bond donors (Lipinski definition) is 1. The molecule has 1 atom stereocenters. The van der Waals surface area contributed by atoms with Crippen LogP contribution in [0.25, 0.3) is 0 Å². The first kappa shape index (κ1) is 14.2. The maximum atomic E-state index is 13.1. The van der Waals surface area contributed by atoms with Crippen molar-refractivity contribution in [1.82, 2.24) is 0 Å². The van der Waals surface area contributed by atoms with E-state index < -0.39 is 11.6 Å². The van der Waals surface area contributed by atoms with E-state index in [1.807, 2.05) is 19.1 Å². The van der Waals surface area contributed by atoms with Crippen LogP contribution in [0.5, 0.6) is 0 Å². The van der Waals surface area contributed by atoms with Crippen molar-refractivity contribution in [3.8, 4) is 0 Å². The van der Waals surface area contributed by atoms with Crippen LogP contribution in [0.15, 0.2) is 42.5 Å². The third-order valence-electron chi connectivity index (χ3n) is 3.18. The van der Waals surface area contributed by atoms with Gasteiger partial charge < -0.3 is 5.73 Å². The molecule has 0 aliphatic carbocycles. The summed E-state index contributed by atoms with van der Waals surface area (Å²) < 4.78 is 26.2. The predicted molar refractivity (Wildman–Crippen MR) is 74.6 cm³/mol. The zero-order chi connectivity index (χ0) is 14.7. The van der Waals surface area contributed by atoms with Gasteiger partial charge in [-0.1, -0.05) is 19.1 Å². The van der Waals surface area contributed by atoms with Gasteiger partial charge in [0, 0.05) is 23.7 Å². The first-order valence-electron chi connectivity index (χ1n) is 6.30. The second-order valence-corrected chi connectivity index (χ2v) is 4.85. The first-order valence-corrected chi connectivity index (χ1v) is 6.30. The Morgan fingerprint density at radius 3 is 2.20 bits per heavy atom. The van der Waals surface area contributed by atoms with E-state index in [0.29, 0.717) is 5.69 Å². The van der Waals surface area contributed by atoms with E-state index in [-0.39, 0.29) is 23.7 Å². The number of Topliss-reactive ketones (excluding diaryl/α,β-unsaturated/α-hetero) is 1. The predicted octanol–water partition coefficient (Wildman–Crippen LogP) is 3.92. The van der Waals surface area contributed by atoms with Gasteiger partial charge in [0.2, 0.25) is 0 Å². The summed E-state index contributed by atoms with van der Waals surface area (Å²) in [6.45, 7) is 1.89. The highest BCUT2D eigenvalue weighted by Gasteiger charge is 2.14. The fourth-order valence-electron chi connectivity index (χ4n) is 2.05. The Morgan fingerprint density at radius 2 is 1.65 bits per heavy atom. The van der Waals surface area contributed by atoms with Crippen molar-refractivity contribution < 1.29 is 13.6 Å². The van der Waals surface area contributed by atoms with Crippen molar-refractivity contribution in [3.63, 3.8) is 0 Å². The van der Waals surface area contributed by atoms with Crippen LogP contribution in [-0.4, -0.2) is 5.78 Å². The molecule has 20 heavy (non-hydrogen) atoms. The van der Waals surface area contributed by atoms with Gasteiger partial charge >= 0.3 is 0 Å². The average Bonchev–Trinajstić information content (AvgIpc) is 2.38. The van der Waals surface area contributed by atoms with E-state index in [1.54, 1.807) is 12.1 Å². The molecule has 2 N–H and O–H groups in total. The molecule has 2 rings (SSSR count). The Hall–Kier alpha value is -2.23. The van der Waals surface area contributed by atoms with E-state index in [4.69, 9.17) is 5.73 Å². The summed E-state index contributed by atoms with van der Waals surface area (Å²) in [6, 6.07) is 10.1. The lowest BCUT2D eigenvalue weighted by Gasteiger charge is -2.11. The van der Waals surface area contributed by atoms with Crippen molar-refractivity contribution in [2.24, 2.45) is 0 Å². The minimum Gasteiger partial charge on any atom is -0.399 e. The van der Waals surface area contributed by atoms with Crippen molar-refractivity contribution in [2.45, 2.75) is 19.3 Å². The topological polar surface area (TPSA) is 43.1 Å². The lowest BCUT2D eigenvalue weighted by Crippen LogP contribution is -2.06. The molecule has 104 valence electrons. The van der Waals surface area contributed by atoms with Crippen LogP contribution in [0.4, 0.5) is 14.5 Å². The van der Waals surface area contributed by atoms with Crippen molar-refractivity contribution >= 4 is 11.5 Å². The summed E-state index contributed by atoms with van der Waals surface area (Å²) in [4.78, 5) is 12.0. The van der Waals surface area contributed by atoms with E-state index in [9.17, 15) is 13.6 Å². The van der Waals surface area contributed by atoms with Crippen LogP contribution in [0.1, 0.15) is 35.2 Å². The minimum atomic E-state index is -0.742. The monoisotopic (exact) mass is 275 g/mol. The van der Waals surface area contributed by atoms with Crippen LogP contribution in [0, 0.1) is 11.6 Å². The van der Waals surface area contributed by atoms with Crippen molar-refractivity contribution in [1.29, 1.82) is 0 Å². The number of carbonyl (C=O) groups excluding carboxylic acids is 1. The highest BCUT2D eigenvalue weighted by molar-refractivity contribution is 5.96. The maximum Gasteiger partial charge on any atom is 0.163 e. The molecule has 0 heterocycles. The molecule has 1 unspecified atom stereocenters. The Labute approximate surface area is 116 Å². The third kappa shape index (κ3) is 3.41. The number of hydrogen-bond acceptors (Lipinski definition) is 2. The van der Waals surface area contributed by atoms with Crippen LogP contribution in [0.3, 0.4) is 0 Å². The highest BCUT2D eigenvalue weighted by atomic mass is 19.1. The largest absolute Gasteiger partial charge is 0.399 e. The molecule has 0 fully saturated rings. The van der Waals surface area contributed by atoms with E-state index in [2.05, 4.69) is 0 Å². The van der Waals surface area contributed by atoms with Gasteiger partial charge in [0.15, 0.2) is 5.78 Å². The number of carbonyl (C=O) groups is 1. The quantitative estimate of drug-likeness (QED) is 0.678. The fourth-order valence-corrected chi connectivity index (χ4v) is 2.05. The van der Waals surface area contributed by atoms with Gasteiger partial charge in [0.05, 0.1) is 0 Å². The number of ketones is 1. The second-order valence-electron chi connectivity index (χ2n) is 4.85. The fraction of sp³-hybridized carbons (Fsp3) is 0.188. The Morgan fingerprint density at radius 1 is 1.10 bits per heavy atom. The normalized spacial score (nSPS) is 12.2. The molecule has 0 saturated heterocycles. The first-order chi connectivity index (χ1) is 9.45. The molecule has 2 aromatic carbocycles. The number of halogens is 2. The van der Waals surface area contributed by atoms with Crippen molar-refractivity contribution in [3.05, 3.63) is 65.2 Å². The lowest BCUT2D eigenvalue weighted by molar-refractivity contribution is 0.0974. The smallest absolute Gasteiger partial charge is 0.163 e. The highest BCUT2D eigenvalue weighted by Crippen LogP contribution is 2.22. The van der Waals surface area contributed by atoms with Gasteiger partial charge in [-0.05, 0) is 35.7 Å². The Balaban J connectivity index is 2.12. The summed E-state index contributed by atoms with van der Waals surface area (Å²) >= 11 is 0. The molecule has 0 aromatic heterocycles. The molecule has 2 aromatic rings. The summed E-state index contributed by atoms with van der Waals surface area (Å²) in [5.41, 5.74) is 7.28. The van der Waals surface area contributed by atoms with Crippen LogP contribution < -0.4 is 5.73 Å². The summed E-state index contributed by atoms with van der Waals surface area (Å²) in [5.74, 6) is -1.82. The number of nitrogens with two attached hydrogens (primary N) is 1. The molecule has 2 nitrogen and oxygen atoms in total. The molecule has 0 aliphatic rings. The summed E-state index contributed by atoms with van der Waals surface area (Å²) in [5, 5.41) is 0. The molecular weight excluding hydrogens is 260 g/mol. The van der Waals surface area contributed by atoms with Gasteiger partial charge in [-0.3, -0.25) is 4.79 Å².